The second kappa shape index (κ2) is 10.4. The highest BCUT2D eigenvalue weighted by molar-refractivity contribution is 5.77. The first-order valence-corrected chi connectivity index (χ1v) is 11.2. The molecule has 11 heteroatoms. The molecule has 4 aromatic rings. The molecule has 0 amide bonds. The molecule has 0 radical (unpaired) electrons. The minimum Gasteiger partial charge on any atom is -0.493 e. The van der Waals surface area contributed by atoms with Crippen molar-refractivity contribution >= 4 is 5.82 Å². The molecule has 0 N–H and O–H groups in total. The zero-order chi connectivity index (χ0) is 25.8. The van der Waals surface area contributed by atoms with Crippen LogP contribution in [0.1, 0.15) is 12.5 Å². The molecule has 0 aliphatic rings. The van der Waals surface area contributed by atoms with Gasteiger partial charge in [-0.05, 0) is 47.7 Å². The summed E-state index contributed by atoms with van der Waals surface area (Å²) >= 11 is 0. The third-order valence-corrected chi connectivity index (χ3v) is 5.81. The predicted molar refractivity (Wildman–Crippen MR) is 133 cm³/mol. The Morgan fingerprint density at radius 1 is 0.833 bits per heavy atom. The first kappa shape index (κ1) is 24.6. The molecule has 4 rings (SSSR count). The lowest BCUT2D eigenvalue weighted by Crippen LogP contribution is -2.12. The summed E-state index contributed by atoms with van der Waals surface area (Å²) in [5.41, 5.74) is 4.27. The first-order chi connectivity index (χ1) is 17.4. The predicted octanol–water partition coefficient (Wildman–Crippen LogP) is 4.42. The van der Waals surface area contributed by atoms with Crippen LogP contribution in [0.5, 0.6) is 23.0 Å². The summed E-state index contributed by atoms with van der Waals surface area (Å²) in [7, 11) is 6.33. The maximum Gasteiger partial charge on any atom is 0.389 e. The molecule has 0 saturated heterocycles. The van der Waals surface area contributed by atoms with E-state index in [-0.39, 0.29) is 12.5 Å². The normalized spacial score (nSPS) is 10.8. The summed E-state index contributed by atoms with van der Waals surface area (Å²) in [6, 6.07) is 12.6. The quantitative estimate of drug-likeness (QED) is 0.235. The standard InChI is InChI=1S/C25H27N5O6/c1-6-18-24(16-7-9-19(33-2)21(13-16)35-4)27-29(15-28-12-11-23(26-28)30(31)32)25(18)17-8-10-20(34-3)22(14-17)36-5/h7-14H,6,15H2,1-5H3. The Morgan fingerprint density at radius 3 is 1.94 bits per heavy atom. The molecule has 0 aliphatic heterocycles. The van der Waals surface area contributed by atoms with Crippen molar-refractivity contribution in [2.24, 2.45) is 0 Å². The highest BCUT2D eigenvalue weighted by Gasteiger charge is 2.23. The van der Waals surface area contributed by atoms with Crippen molar-refractivity contribution < 1.29 is 23.9 Å². The van der Waals surface area contributed by atoms with E-state index in [1.807, 2.05) is 36.4 Å². The lowest BCUT2D eigenvalue weighted by atomic mass is 9.99. The Bertz CT molecular complexity index is 1390. The molecule has 0 spiro atoms. The van der Waals surface area contributed by atoms with Gasteiger partial charge in [-0.15, -0.1) is 0 Å². The van der Waals surface area contributed by atoms with Crippen LogP contribution in [0.3, 0.4) is 0 Å². The first-order valence-electron chi connectivity index (χ1n) is 11.2. The summed E-state index contributed by atoms with van der Waals surface area (Å²) in [5, 5.41) is 20.1. The molecular weight excluding hydrogens is 466 g/mol. The molecule has 0 unspecified atom stereocenters. The van der Waals surface area contributed by atoms with E-state index >= 15 is 0 Å². The maximum absolute atomic E-state index is 11.1. The number of rotatable bonds is 10. The Morgan fingerprint density at radius 2 is 1.42 bits per heavy atom. The fourth-order valence-electron chi connectivity index (χ4n) is 4.12. The number of hydrogen-bond acceptors (Lipinski definition) is 8. The van der Waals surface area contributed by atoms with E-state index in [0.29, 0.717) is 29.4 Å². The van der Waals surface area contributed by atoms with Crippen molar-refractivity contribution in [3.63, 3.8) is 0 Å². The Labute approximate surface area is 207 Å². The lowest BCUT2D eigenvalue weighted by molar-refractivity contribution is -0.389. The molecule has 0 aliphatic carbocycles. The summed E-state index contributed by atoms with van der Waals surface area (Å²) in [6.07, 6.45) is 2.23. The van der Waals surface area contributed by atoms with E-state index in [2.05, 4.69) is 12.0 Å². The highest BCUT2D eigenvalue weighted by Crippen LogP contribution is 2.39. The molecule has 2 heterocycles. The van der Waals surface area contributed by atoms with Crippen molar-refractivity contribution in [2.45, 2.75) is 20.0 Å². The van der Waals surface area contributed by atoms with Gasteiger partial charge >= 0.3 is 5.82 Å². The molecule has 0 saturated carbocycles. The van der Waals surface area contributed by atoms with Gasteiger partial charge in [0.05, 0.1) is 57.2 Å². The summed E-state index contributed by atoms with van der Waals surface area (Å²) in [4.78, 5) is 10.6. The lowest BCUT2D eigenvalue weighted by Gasteiger charge is -2.12. The minimum atomic E-state index is -0.526. The molecule has 0 fully saturated rings. The second-order valence-electron chi connectivity index (χ2n) is 7.78. The molecule has 0 atom stereocenters. The third kappa shape index (κ3) is 4.54. The number of nitro groups is 1. The number of benzene rings is 2. The van der Waals surface area contributed by atoms with Gasteiger partial charge < -0.3 is 29.1 Å². The van der Waals surface area contributed by atoms with Crippen LogP contribution in [0.15, 0.2) is 48.7 Å². The average Bonchev–Trinajstić information content (AvgIpc) is 3.52. The van der Waals surface area contributed by atoms with Crippen LogP contribution in [-0.2, 0) is 13.1 Å². The number of hydrogen-bond donors (Lipinski definition) is 0. The zero-order valence-corrected chi connectivity index (χ0v) is 20.7. The van der Waals surface area contributed by atoms with E-state index in [0.717, 1.165) is 28.1 Å². The maximum atomic E-state index is 11.1. The number of methoxy groups -OCH3 is 4. The molecule has 2 aromatic carbocycles. The van der Waals surface area contributed by atoms with Crippen molar-refractivity contribution in [3.05, 3.63) is 64.3 Å². The Balaban J connectivity index is 1.92. The number of nitrogens with zero attached hydrogens (tertiary/aromatic N) is 5. The van der Waals surface area contributed by atoms with Crippen LogP contribution in [0.4, 0.5) is 5.82 Å². The van der Waals surface area contributed by atoms with E-state index in [1.165, 1.54) is 10.7 Å². The van der Waals surface area contributed by atoms with Crippen LogP contribution in [0, 0.1) is 10.1 Å². The van der Waals surface area contributed by atoms with Gasteiger partial charge in [-0.25, -0.2) is 4.68 Å². The zero-order valence-electron chi connectivity index (χ0n) is 20.7. The van der Waals surface area contributed by atoms with E-state index in [9.17, 15) is 10.1 Å². The summed E-state index contributed by atoms with van der Waals surface area (Å²) in [5.74, 6) is 2.15. The van der Waals surface area contributed by atoms with Gasteiger partial charge in [0.1, 0.15) is 0 Å². The Kier molecular flexibility index (Phi) is 7.09. The van der Waals surface area contributed by atoms with Gasteiger partial charge in [-0.3, -0.25) is 0 Å². The van der Waals surface area contributed by atoms with Gasteiger partial charge in [-0.1, -0.05) is 6.92 Å². The molecule has 36 heavy (non-hydrogen) atoms. The van der Waals surface area contributed by atoms with Gasteiger partial charge in [0, 0.05) is 16.7 Å². The third-order valence-electron chi connectivity index (χ3n) is 5.81. The fourth-order valence-corrected chi connectivity index (χ4v) is 4.12. The molecule has 0 bridgehead atoms. The van der Waals surface area contributed by atoms with Crippen molar-refractivity contribution in [1.29, 1.82) is 0 Å². The van der Waals surface area contributed by atoms with Crippen LogP contribution < -0.4 is 18.9 Å². The summed E-state index contributed by atoms with van der Waals surface area (Å²) < 4.78 is 25.1. The second-order valence-corrected chi connectivity index (χ2v) is 7.78. The summed E-state index contributed by atoms with van der Waals surface area (Å²) in [6.45, 7) is 2.21. The fraction of sp³-hybridized carbons (Fsp3) is 0.280. The topological polar surface area (TPSA) is 116 Å². The average molecular weight is 494 g/mol. The van der Waals surface area contributed by atoms with Crippen molar-refractivity contribution in [1.82, 2.24) is 19.6 Å². The monoisotopic (exact) mass is 493 g/mol. The van der Waals surface area contributed by atoms with Gasteiger partial charge in [-0.2, -0.15) is 9.78 Å². The molecule has 11 nitrogen and oxygen atoms in total. The Hall–Kier alpha value is -4.54. The van der Waals surface area contributed by atoms with Crippen LogP contribution in [-0.4, -0.2) is 52.9 Å². The van der Waals surface area contributed by atoms with Crippen LogP contribution in [0.25, 0.3) is 22.5 Å². The smallest absolute Gasteiger partial charge is 0.389 e. The number of ether oxygens (including phenoxy) is 4. The largest absolute Gasteiger partial charge is 0.493 e. The van der Waals surface area contributed by atoms with Crippen molar-refractivity contribution in [3.8, 4) is 45.5 Å². The van der Waals surface area contributed by atoms with Crippen molar-refractivity contribution in [2.75, 3.05) is 28.4 Å². The highest BCUT2D eigenvalue weighted by atomic mass is 16.6. The molecule has 188 valence electrons. The van der Waals surface area contributed by atoms with Gasteiger partial charge in [0.25, 0.3) is 0 Å². The van der Waals surface area contributed by atoms with Crippen LogP contribution >= 0.6 is 0 Å². The van der Waals surface area contributed by atoms with E-state index in [1.54, 1.807) is 39.3 Å². The van der Waals surface area contributed by atoms with Crippen LogP contribution in [0.2, 0.25) is 0 Å². The molecule has 2 aromatic heterocycles. The number of aromatic nitrogens is 4. The molecular formula is C25H27N5O6. The minimum absolute atomic E-state index is 0.164. The van der Waals surface area contributed by atoms with Gasteiger partial charge in [0.2, 0.25) is 0 Å². The van der Waals surface area contributed by atoms with E-state index < -0.39 is 4.92 Å². The van der Waals surface area contributed by atoms with E-state index in [4.69, 9.17) is 24.0 Å². The SMILES string of the molecule is CCc1c(-c2ccc(OC)c(OC)c2)nn(Cn2ccc([N+](=O)[O-])n2)c1-c1ccc(OC)c(OC)c1. The van der Waals surface area contributed by atoms with Gasteiger partial charge in [0.15, 0.2) is 29.7 Å².